The summed E-state index contributed by atoms with van der Waals surface area (Å²) in [4.78, 5) is 24.2. The lowest BCUT2D eigenvalue weighted by atomic mass is 9.99. The van der Waals surface area contributed by atoms with Crippen LogP contribution in [0.4, 0.5) is 0 Å². The largest absolute Gasteiger partial charge is 0.411 e. The van der Waals surface area contributed by atoms with Gasteiger partial charge in [-0.1, -0.05) is 71.0 Å². The zero-order valence-corrected chi connectivity index (χ0v) is 15.6. The summed E-state index contributed by atoms with van der Waals surface area (Å²) in [6.07, 6.45) is 1.91. The lowest BCUT2D eigenvalue weighted by Gasteiger charge is -2.05. The SMILES string of the molecule is O=C(CCCCC(=O)C/C(=N/O)c1ccccc1)C/C(=N/O)c1ccccc1. The molecule has 0 fully saturated rings. The zero-order chi connectivity index (χ0) is 20.2. The van der Waals surface area contributed by atoms with Crippen molar-refractivity contribution in [3.63, 3.8) is 0 Å². The van der Waals surface area contributed by atoms with Crippen LogP contribution in [0.5, 0.6) is 0 Å². The van der Waals surface area contributed by atoms with Gasteiger partial charge in [-0.3, -0.25) is 9.59 Å². The fraction of sp³-hybridized carbons (Fsp3) is 0.273. The first-order valence-electron chi connectivity index (χ1n) is 9.20. The van der Waals surface area contributed by atoms with Crippen LogP contribution >= 0.6 is 0 Å². The van der Waals surface area contributed by atoms with Gasteiger partial charge in [-0.15, -0.1) is 0 Å². The molecule has 6 heteroatoms. The quantitative estimate of drug-likeness (QED) is 0.264. The molecule has 2 N–H and O–H groups in total. The van der Waals surface area contributed by atoms with Crippen molar-refractivity contribution < 1.29 is 20.0 Å². The molecule has 0 aliphatic rings. The molecule has 0 bridgehead atoms. The second-order valence-corrected chi connectivity index (χ2v) is 6.46. The molecule has 0 saturated carbocycles. The van der Waals surface area contributed by atoms with Crippen molar-refractivity contribution in [2.24, 2.45) is 10.3 Å². The number of unbranched alkanes of at least 4 members (excludes halogenated alkanes) is 1. The average Bonchev–Trinajstić information content (AvgIpc) is 2.74. The molecule has 0 aliphatic heterocycles. The van der Waals surface area contributed by atoms with Gasteiger partial charge in [0.05, 0.1) is 24.3 Å². The fourth-order valence-electron chi connectivity index (χ4n) is 2.85. The zero-order valence-electron chi connectivity index (χ0n) is 15.6. The number of nitrogens with zero attached hydrogens (tertiary/aromatic N) is 2. The van der Waals surface area contributed by atoms with Crippen LogP contribution < -0.4 is 0 Å². The minimum absolute atomic E-state index is 0.0361. The topological polar surface area (TPSA) is 99.3 Å². The summed E-state index contributed by atoms with van der Waals surface area (Å²) in [5.74, 6) is -0.0722. The Balaban J connectivity index is 1.71. The van der Waals surface area contributed by atoms with Crippen molar-refractivity contribution in [1.29, 1.82) is 0 Å². The van der Waals surface area contributed by atoms with Crippen molar-refractivity contribution in [2.45, 2.75) is 38.5 Å². The van der Waals surface area contributed by atoms with Crippen LogP contribution in [0.1, 0.15) is 49.7 Å². The lowest BCUT2D eigenvalue weighted by molar-refractivity contribution is -0.119. The third kappa shape index (κ3) is 6.79. The molecule has 2 rings (SSSR count). The number of hydrogen-bond donors (Lipinski definition) is 2. The Morgan fingerprint density at radius 1 is 0.643 bits per heavy atom. The van der Waals surface area contributed by atoms with Gasteiger partial charge in [0.25, 0.3) is 0 Å². The molecular formula is C22H24N2O4. The molecule has 2 aromatic carbocycles. The van der Waals surface area contributed by atoms with E-state index in [0.717, 1.165) is 0 Å². The van der Waals surface area contributed by atoms with E-state index in [-0.39, 0.29) is 24.4 Å². The first-order chi connectivity index (χ1) is 13.6. The van der Waals surface area contributed by atoms with E-state index in [0.29, 0.717) is 48.2 Å². The van der Waals surface area contributed by atoms with E-state index in [1.807, 2.05) is 36.4 Å². The smallest absolute Gasteiger partial charge is 0.138 e. The summed E-state index contributed by atoms with van der Waals surface area (Å²) < 4.78 is 0. The Hall–Kier alpha value is -3.28. The highest BCUT2D eigenvalue weighted by molar-refractivity contribution is 6.11. The third-order valence-electron chi connectivity index (χ3n) is 4.35. The van der Waals surface area contributed by atoms with Crippen molar-refractivity contribution in [3.05, 3.63) is 71.8 Å². The summed E-state index contributed by atoms with van der Waals surface area (Å²) in [5.41, 5.74) is 2.11. The van der Waals surface area contributed by atoms with Crippen molar-refractivity contribution in [3.8, 4) is 0 Å². The third-order valence-corrected chi connectivity index (χ3v) is 4.35. The van der Waals surface area contributed by atoms with Gasteiger partial charge < -0.3 is 10.4 Å². The van der Waals surface area contributed by atoms with Gasteiger partial charge >= 0.3 is 0 Å². The van der Waals surface area contributed by atoms with Gasteiger partial charge in [-0.2, -0.15) is 0 Å². The van der Waals surface area contributed by atoms with E-state index in [9.17, 15) is 9.59 Å². The van der Waals surface area contributed by atoms with E-state index in [2.05, 4.69) is 10.3 Å². The normalized spacial score (nSPS) is 12.0. The number of benzene rings is 2. The fourth-order valence-corrected chi connectivity index (χ4v) is 2.85. The van der Waals surface area contributed by atoms with Crippen LogP contribution in [0.25, 0.3) is 0 Å². The predicted molar refractivity (Wildman–Crippen MR) is 107 cm³/mol. The van der Waals surface area contributed by atoms with Gasteiger partial charge in [-0.05, 0) is 24.0 Å². The molecular weight excluding hydrogens is 356 g/mol. The Morgan fingerprint density at radius 3 is 1.32 bits per heavy atom. The van der Waals surface area contributed by atoms with Gasteiger partial charge in [0.2, 0.25) is 0 Å². The maximum atomic E-state index is 12.1. The summed E-state index contributed by atoms with van der Waals surface area (Å²) >= 11 is 0. The molecule has 0 spiro atoms. The summed E-state index contributed by atoms with van der Waals surface area (Å²) in [7, 11) is 0. The van der Waals surface area contributed by atoms with Gasteiger partial charge in [0, 0.05) is 12.8 Å². The molecule has 6 nitrogen and oxygen atoms in total. The molecule has 0 aromatic heterocycles. The molecule has 146 valence electrons. The monoisotopic (exact) mass is 380 g/mol. The second kappa shape index (κ2) is 11.4. The standard InChI is InChI=1S/C22H24N2O4/c25-19(15-21(23-27)17-9-3-1-4-10-17)13-7-8-14-20(26)16-22(24-28)18-11-5-2-6-12-18/h1-6,9-12,27-28H,7-8,13-16H2/b23-21-,24-22-. The van der Waals surface area contributed by atoms with Crippen molar-refractivity contribution in [1.82, 2.24) is 0 Å². The first-order valence-corrected chi connectivity index (χ1v) is 9.20. The highest BCUT2D eigenvalue weighted by Gasteiger charge is 2.13. The van der Waals surface area contributed by atoms with E-state index < -0.39 is 0 Å². The van der Waals surface area contributed by atoms with E-state index in [1.165, 1.54) is 0 Å². The molecule has 0 radical (unpaired) electrons. The minimum atomic E-state index is -0.0361. The first kappa shape index (κ1) is 21.0. The number of carbonyl (C=O) groups is 2. The maximum Gasteiger partial charge on any atom is 0.138 e. The molecule has 0 unspecified atom stereocenters. The Bertz CT molecular complexity index is 759. The lowest BCUT2D eigenvalue weighted by Crippen LogP contribution is -2.11. The number of oxime groups is 2. The van der Waals surface area contributed by atoms with E-state index in [4.69, 9.17) is 10.4 Å². The average molecular weight is 380 g/mol. The van der Waals surface area contributed by atoms with E-state index in [1.54, 1.807) is 24.3 Å². The highest BCUT2D eigenvalue weighted by Crippen LogP contribution is 2.11. The van der Waals surface area contributed by atoms with Crippen LogP contribution in [-0.4, -0.2) is 33.4 Å². The molecule has 0 amide bonds. The molecule has 2 aromatic rings. The van der Waals surface area contributed by atoms with Crippen LogP contribution in [0, 0.1) is 0 Å². The van der Waals surface area contributed by atoms with Crippen LogP contribution in [0.3, 0.4) is 0 Å². The maximum absolute atomic E-state index is 12.1. The number of ketones is 2. The van der Waals surface area contributed by atoms with Gasteiger partial charge in [0.1, 0.15) is 11.6 Å². The molecule has 28 heavy (non-hydrogen) atoms. The van der Waals surface area contributed by atoms with Gasteiger partial charge in [-0.25, -0.2) is 0 Å². The van der Waals surface area contributed by atoms with Crippen molar-refractivity contribution >= 4 is 23.0 Å². The summed E-state index contributed by atoms with van der Waals surface area (Å²) in [6, 6.07) is 18.1. The minimum Gasteiger partial charge on any atom is -0.411 e. The Kier molecular flexibility index (Phi) is 8.59. The van der Waals surface area contributed by atoms with E-state index >= 15 is 0 Å². The number of rotatable bonds is 11. The summed E-state index contributed by atoms with van der Waals surface area (Å²) in [5, 5.41) is 24.7. The molecule has 0 heterocycles. The summed E-state index contributed by atoms with van der Waals surface area (Å²) in [6.45, 7) is 0. The Labute approximate surface area is 164 Å². The van der Waals surface area contributed by atoms with Crippen molar-refractivity contribution in [2.75, 3.05) is 0 Å². The second-order valence-electron chi connectivity index (χ2n) is 6.46. The Morgan fingerprint density at radius 2 is 1.00 bits per heavy atom. The molecule has 0 saturated heterocycles. The van der Waals surface area contributed by atoms with Crippen LogP contribution in [0.15, 0.2) is 71.0 Å². The van der Waals surface area contributed by atoms with Crippen LogP contribution in [-0.2, 0) is 9.59 Å². The number of carbonyl (C=O) groups excluding carboxylic acids is 2. The predicted octanol–water partition coefficient (Wildman–Crippen LogP) is 4.22. The number of Topliss-reactive ketones (excluding diaryl/α,β-unsaturated/α-hetero) is 2. The molecule has 0 atom stereocenters. The van der Waals surface area contributed by atoms with Gasteiger partial charge in [0.15, 0.2) is 0 Å². The highest BCUT2D eigenvalue weighted by atomic mass is 16.4. The van der Waals surface area contributed by atoms with Crippen LogP contribution in [0.2, 0.25) is 0 Å². The number of hydrogen-bond acceptors (Lipinski definition) is 6. The molecule has 0 aliphatic carbocycles.